The predicted octanol–water partition coefficient (Wildman–Crippen LogP) is 5.21. The molecule has 0 amide bonds. The normalized spacial score (nSPS) is 10.9. The number of unbranched alkanes of at least 4 members (excludes halogenated alkanes) is 1. The van der Waals surface area contributed by atoms with Crippen molar-refractivity contribution in [1.29, 1.82) is 0 Å². The van der Waals surface area contributed by atoms with Crippen molar-refractivity contribution in [3.8, 4) is 11.1 Å². The monoisotopic (exact) mass is 440 g/mol. The maximum atomic E-state index is 11.5. The van der Waals surface area contributed by atoms with Crippen LogP contribution in [0.5, 0.6) is 0 Å². The lowest BCUT2D eigenvalue weighted by Crippen LogP contribution is -2.06. The Hall–Kier alpha value is -3.80. The van der Waals surface area contributed by atoms with E-state index in [1.807, 2.05) is 35.0 Å². The first-order valence-corrected chi connectivity index (χ1v) is 11.4. The van der Waals surface area contributed by atoms with Crippen molar-refractivity contribution in [3.05, 3.63) is 101 Å². The summed E-state index contributed by atoms with van der Waals surface area (Å²) in [6.07, 6.45) is 7.68. The molecule has 0 radical (unpaired) electrons. The summed E-state index contributed by atoms with van der Waals surface area (Å²) in [5, 5.41) is 14.2. The van der Waals surface area contributed by atoms with Crippen molar-refractivity contribution in [2.24, 2.45) is 0 Å². The van der Waals surface area contributed by atoms with Gasteiger partial charge in [0.1, 0.15) is 5.82 Å². The van der Waals surface area contributed by atoms with Gasteiger partial charge in [0.2, 0.25) is 0 Å². The Balaban J connectivity index is 1.51. The molecular formula is C27H28N4O2. The van der Waals surface area contributed by atoms with Gasteiger partial charge in [0.05, 0.1) is 5.56 Å². The van der Waals surface area contributed by atoms with Gasteiger partial charge in [0.25, 0.3) is 0 Å². The van der Waals surface area contributed by atoms with Crippen molar-refractivity contribution < 1.29 is 9.90 Å². The number of pyridine rings is 1. The molecule has 2 aromatic carbocycles. The summed E-state index contributed by atoms with van der Waals surface area (Å²) in [6, 6.07) is 19.9. The molecule has 6 nitrogen and oxygen atoms in total. The Kier molecular flexibility index (Phi) is 7.25. The van der Waals surface area contributed by atoms with Crippen LogP contribution < -0.4 is 0 Å². The summed E-state index contributed by atoms with van der Waals surface area (Å²) in [6.45, 7) is 3.04. The number of hydrogen-bond acceptors (Lipinski definition) is 4. The van der Waals surface area contributed by atoms with E-state index in [9.17, 15) is 9.90 Å². The molecule has 0 saturated heterocycles. The van der Waals surface area contributed by atoms with E-state index in [4.69, 9.17) is 10.1 Å². The minimum Gasteiger partial charge on any atom is -0.478 e. The third kappa shape index (κ3) is 5.71. The number of carboxylic acid groups (broad SMARTS) is 1. The van der Waals surface area contributed by atoms with E-state index >= 15 is 0 Å². The average Bonchev–Trinajstić information content (AvgIpc) is 3.24. The number of nitrogens with zero attached hydrogens (tertiary/aromatic N) is 4. The Morgan fingerprint density at radius 1 is 0.970 bits per heavy atom. The molecule has 0 fully saturated rings. The Morgan fingerprint density at radius 3 is 2.48 bits per heavy atom. The molecule has 4 aromatic rings. The van der Waals surface area contributed by atoms with E-state index in [1.54, 1.807) is 6.20 Å². The van der Waals surface area contributed by atoms with Gasteiger partial charge in [0, 0.05) is 37.3 Å². The van der Waals surface area contributed by atoms with Gasteiger partial charge in [0.15, 0.2) is 5.82 Å². The predicted molar refractivity (Wildman–Crippen MR) is 128 cm³/mol. The molecule has 0 atom stereocenters. The minimum absolute atomic E-state index is 0.250. The second-order valence-corrected chi connectivity index (χ2v) is 8.11. The zero-order valence-corrected chi connectivity index (χ0v) is 18.8. The largest absolute Gasteiger partial charge is 0.478 e. The molecule has 6 heteroatoms. The second kappa shape index (κ2) is 10.7. The highest BCUT2D eigenvalue weighted by molar-refractivity contribution is 5.95. The van der Waals surface area contributed by atoms with Gasteiger partial charge in [-0.2, -0.15) is 5.10 Å². The van der Waals surface area contributed by atoms with Crippen LogP contribution in [0.4, 0.5) is 0 Å². The SMILES string of the molecule is CCCCn1nc(CCc2ccccc2)nc1Cc1ccc(-c2cnccc2C(=O)O)cc1. The number of aromatic nitrogens is 4. The average molecular weight is 441 g/mol. The quantitative estimate of drug-likeness (QED) is 0.366. The number of aromatic carboxylic acids is 1. The number of benzene rings is 2. The van der Waals surface area contributed by atoms with Crippen LogP contribution >= 0.6 is 0 Å². The molecule has 0 saturated carbocycles. The first kappa shape index (κ1) is 22.4. The highest BCUT2D eigenvalue weighted by atomic mass is 16.4. The smallest absolute Gasteiger partial charge is 0.336 e. The van der Waals surface area contributed by atoms with Gasteiger partial charge >= 0.3 is 5.97 Å². The fourth-order valence-electron chi connectivity index (χ4n) is 3.85. The van der Waals surface area contributed by atoms with E-state index in [-0.39, 0.29) is 5.56 Å². The molecule has 0 aliphatic rings. The molecule has 168 valence electrons. The highest BCUT2D eigenvalue weighted by Crippen LogP contribution is 2.24. The van der Waals surface area contributed by atoms with Crippen LogP contribution in [0.1, 0.15) is 52.9 Å². The Bertz CT molecular complexity index is 1200. The number of carboxylic acids is 1. The van der Waals surface area contributed by atoms with Crippen LogP contribution in [0.15, 0.2) is 73.1 Å². The molecule has 2 heterocycles. The van der Waals surface area contributed by atoms with Crippen LogP contribution in [-0.2, 0) is 25.8 Å². The van der Waals surface area contributed by atoms with Gasteiger partial charge in [-0.05, 0) is 35.6 Å². The summed E-state index contributed by atoms with van der Waals surface area (Å²) in [4.78, 5) is 20.5. The van der Waals surface area contributed by atoms with E-state index in [2.05, 4.69) is 36.2 Å². The molecule has 0 aliphatic carbocycles. The topological polar surface area (TPSA) is 80.9 Å². The first-order chi connectivity index (χ1) is 16.1. The summed E-state index contributed by atoms with van der Waals surface area (Å²) in [5.41, 5.74) is 4.10. The molecule has 33 heavy (non-hydrogen) atoms. The van der Waals surface area contributed by atoms with Crippen LogP contribution in [0, 0.1) is 0 Å². The van der Waals surface area contributed by atoms with Gasteiger partial charge in [-0.1, -0.05) is 67.9 Å². The molecule has 0 aliphatic heterocycles. The number of hydrogen-bond donors (Lipinski definition) is 1. The molecule has 4 rings (SSSR count). The van der Waals surface area contributed by atoms with Crippen molar-refractivity contribution >= 4 is 5.97 Å². The summed E-state index contributed by atoms with van der Waals surface area (Å²) in [7, 11) is 0. The maximum Gasteiger partial charge on any atom is 0.336 e. The first-order valence-electron chi connectivity index (χ1n) is 11.4. The van der Waals surface area contributed by atoms with E-state index in [0.717, 1.165) is 55.0 Å². The van der Waals surface area contributed by atoms with Gasteiger partial charge in [-0.3, -0.25) is 4.98 Å². The van der Waals surface area contributed by atoms with Crippen LogP contribution in [0.25, 0.3) is 11.1 Å². The van der Waals surface area contributed by atoms with Gasteiger partial charge in [-0.15, -0.1) is 0 Å². The zero-order chi connectivity index (χ0) is 23.0. The molecular weight excluding hydrogens is 412 g/mol. The lowest BCUT2D eigenvalue weighted by atomic mass is 10.00. The highest BCUT2D eigenvalue weighted by Gasteiger charge is 2.13. The van der Waals surface area contributed by atoms with Crippen molar-refractivity contribution in [2.75, 3.05) is 0 Å². The standard InChI is InChI=1S/C27H28N4O2/c1-2-3-17-31-26(29-25(30-31)14-11-20-7-5-4-6-8-20)18-21-9-12-22(13-10-21)24-19-28-16-15-23(24)27(32)33/h4-10,12-13,15-16,19H,2-3,11,14,17-18H2,1H3,(H,32,33). The number of rotatable bonds is 10. The molecule has 2 aromatic heterocycles. The van der Waals surface area contributed by atoms with E-state index in [0.29, 0.717) is 12.0 Å². The lowest BCUT2D eigenvalue weighted by molar-refractivity contribution is 0.0697. The lowest BCUT2D eigenvalue weighted by Gasteiger charge is -2.08. The third-order valence-corrected chi connectivity index (χ3v) is 5.67. The third-order valence-electron chi connectivity index (χ3n) is 5.67. The summed E-state index contributed by atoms with van der Waals surface area (Å²) >= 11 is 0. The molecule has 1 N–H and O–H groups in total. The van der Waals surface area contributed by atoms with Crippen molar-refractivity contribution in [3.63, 3.8) is 0 Å². The molecule has 0 spiro atoms. The second-order valence-electron chi connectivity index (χ2n) is 8.11. The van der Waals surface area contributed by atoms with Crippen LogP contribution in [0.2, 0.25) is 0 Å². The van der Waals surface area contributed by atoms with Gasteiger partial charge < -0.3 is 5.11 Å². The number of aryl methyl sites for hydroxylation is 3. The van der Waals surface area contributed by atoms with Crippen LogP contribution in [0.3, 0.4) is 0 Å². The maximum absolute atomic E-state index is 11.5. The van der Waals surface area contributed by atoms with Crippen molar-refractivity contribution in [2.45, 2.75) is 45.6 Å². The Labute approximate surface area is 194 Å². The summed E-state index contributed by atoms with van der Waals surface area (Å²) < 4.78 is 2.04. The fourth-order valence-corrected chi connectivity index (χ4v) is 3.85. The zero-order valence-electron chi connectivity index (χ0n) is 18.8. The van der Waals surface area contributed by atoms with E-state index in [1.165, 1.54) is 17.8 Å². The summed E-state index contributed by atoms with van der Waals surface area (Å²) in [5.74, 6) is 0.887. The molecule has 0 bridgehead atoms. The van der Waals surface area contributed by atoms with E-state index < -0.39 is 5.97 Å². The molecule has 0 unspecified atom stereocenters. The van der Waals surface area contributed by atoms with Crippen LogP contribution in [-0.4, -0.2) is 30.8 Å². The Morgan fingerprint density at radius 2 is 1.76 bits per heavy atom. The van der Waals surface area contributed by atoms with Crippen molar-refractivity contribution in [1.82, 2.24) is 19.7 Å². The minimum atomic E-state index is -0.955. The fraction of sp³-hybridized carbons (Fsp3) is 0.259. The van der Waals surface area contributed by atoms with Gasteiger partial charge in [-0.25, -0.2) is 14.5 Å². The number of carbonyl (C=O) groups is 1.